The van der Waals surface area contributed by atoms with E-state index in [2.05, 4.69) is 11.4 Å². The van der Waals surface area contributed by atoms with Gasteiger partial charge in [0.25, 0.3) is 5.91 Å². The van der Waals surface area contributed by atoms with Crippen LogP contribution in [-0.2, 0) is 4.79 Å². The summed E-state index contributed by atoms with van der Waals surface area (Å²) >= 11 is 17.8. The van der Waals surface area contributed by atoms with Crippen LogP contribution in [0.5, 0.6) is 5.75 Å². The third kappa shape index (κ3) is 4.42. The predicted octanol–water partition coefficient (Wildman–Crippen LogP) is 4.47. The minimum absolute atomic E-state index is 0.0535. The molecule has 0 spiro atoms. The fourth-order valence-corrected chi connectivity index (χ4v) is 2.08. The SMILES string of the molecule is CC(C)[C@](C)(C#N)NC(=O)[C@@H](C)Oc1cc(Cl)c(Cl)cc1Cl. The van der Waals surface area contributed by atoms with E-state index in [1.54, 1.807) is 13.8 Å². The summed E-state index contributed by atoms with van der Waals surface area (Å²) in [5.41, 5.74) is -0.976. The predicted molar refractivity (Wildman–Crippen MR) is 88.6 cm³/mol. The van der Waals surface area contributed by atoms with Crippen molar-refractivity contribution in [2.24, 2.45) is 5.92 Å². The number of nitrogens with one attached hydrogen (secondary N) is 1. The Labute approximate surface area is 145 Å². The van der Waals surface area contributed by atoms with Crippen LogP contribution in [0.2, 0.25) is 15.1 Å². The molecule has 0 heterocycles. The molecule has 0 aliphatic carbocycles. The topological polar surface area (TPSA) is 62.1 Å². The molecule has 1 aromatic carbocycles. The van der Waals surface area contributed by atoms with Crippen LogP contribution in [-0.4, -0.2) is 17.6 Å². The molecule has 0 aliphatic heterocycles. The molecule has 0 aromatic heterocycles. The normalized spacial score (nSPS) is 14.9. The number of amides is 1. The highest BCUT2D eigenvalue weighted by Crippen LogP contribution is 2.34. The monoisotopic (exact) mass is 362 g/mol. The molecule has 1 aromatic rings. The average Bonchev–Trinajstić information content (AvgIpc) is 2.44. The Hall–Kier alpha value is -1.15. The van der Waals surface area contributed by atoms with E-state index in [9.17, 15) is 10.1 Å². The van der Waals surface area contributed by atoms with E-state index in [4.69, 9.17) is 39.5 Å². The lowest BCUT2D eigenvalue weighted by atomic mass is 9.90. The van der Waals surface area contributed by atoms with E-state index >= 15 is 0 Å². The van der Waals surface area contributed by atoms with Gasteiger partial charge in [-0.2, -0.15) is 5.26 Å². The van der Waals surface area contributed by atoms with Gasteiger partial charge in [0.2, 0.25) is 0 Å². The molecule has 0 fully saturated rings. The summed E-state index contributed by atoms with van der Waals surface area (Å²) in [6, 6.07) is 4.99. The van der Waals surface area contributed by atoms with Gasteiger partial charge < -0.3 is 10.1 Å². The summed E-state index contributed by atoms with van der Waals surface area (Å²) in [7, 11) is 0. The molecular formula is C15H17Cl3N2O2. The number of carbonyl (C=O) groups excluding carboxylic acids is 1. The van der Waals surface area contributed by atoms with Crippen molar-refractivity contribution >= 4 is 40.7 Å². The molecule has 2 atom stereocenters. The summed E-state index contributed by atoms with van der Waals surface area (Å²) in [6.07, 6.45) is -0.846. The second-order valence-electron chi connectivity index (χ2n) is 5.41. The van der Waals surface area contributed by atoms with Gasteiger partial charge in [-0.05, 0) is 25.8 Å². The van der Waals surface area contributed by atoms with Crippen LogP contribution < -0.4 is 10.1 Å². The van der Waals surface area contributed by atoms with Crippen molar-refractivity contribution in [3.05, 3.63) is 27.2 Å². The fourth-order valence-electron chi connectivity index (χ4n) is 1.50. The van der Waals surface area contributed by atoms with Crippen LogP contribution in [0.1, 0.15) is 27.7 Å². The van der Waals surface area contributed by atoms with Gasteiger partial charge in [0.05, 0.1) is 21.1 Å². The first-order valence-electron chi connectivity index (χ1n) is 6.65. The zero-order chi connectivity index (χ0) is 17.1. The van der Waals surface area contributed by atoms with Crippen molar-refractivity contribution in [2.45, 2.75) is 39.3 Å². The van der Waals surface area contributed by atoms with Gasteiger partial charge in [0.1, 0.15) is 11.3 Å². The van der Waals surface area contributed by atoms with Crippen molar-refractivity contribution in [3.63, 3.8) is 0 Å². The summed E-state index contributed by atoms with van der Waals surface area (Å²) in [5.74, 6) is -0.218. The van der Waals surface area contributed by atoms with Gasteiger partial charge in [-0.25, -0.2) is 0 Å². The Morgan fingerprint density at radius 1 is 1.23 bits per heavy atom. The lowest BCUT2D eigenvalue weighted by molar-refractivity contribution is -0.128. The molecule has 0 saturated heterocycles. The van der Waals surface area contributed by atoms with Crippen molar-refractivity contribution in [2.75, 3.05) is 0 Å². The standard InChI is InChI=1S/C15H17Cl3N2O2/c1-8(2)15(4,7-19)20-14(21)9(3)22-13-6-11(17)10(16)5-12(13)18/h5-6,8-9H,1-4H3,(H,20,21)/t9-,15+/m1/s1. The number of nitrogens with zero attached hydrogens (tertiary/aromatic N) is 1. The molecule has 0 saturated carbocycles. The molecular weight excluding hydrogens is 347 g/mol. The maximum atomic E-state index is 12.2. The van der Waals surface area contributed by atoms with Crippen molar-refractivity contribution in [1.82, 2.24) is 5.32 Å². The Bertz CT molecular complexity index is 614. The lowest BCUT2D eigenvalue weighted by Crippen LogP contribution is -2.52. The summed E-state index contributed by atoms with van der Waals surface area (Å²) < 4.78 is 5.52. The van der Waals surface area contributed by atoms with Gasteiger partial charge in [0.15, 0.2) is 6.10 Å². The summed E-state index contributed by atoms with van der Waals surface area (Å²) in [5, 5.41) is 12.7. The molecule has 1 rings (SSSR count). The van der Waals surface area contributed by atoms with Gasteiger partial charge in [-0.3, -0.25) is 4.79 Å². The molecule has 0 bridgehead atoms. The first-order valence-corrected chi connectivity index (χ1v) is 7.78. The van der Waals surface area contributed by atoms with Gasteiger partial charge in [0, 0.05) is 6.07 Å². The Kier molecular flexibility index (Phi) is 6.37. The first kappa shape index (κ1) is 18.9. The van der Waals surface area contributed by atoms with E-state index in [-0.39, 0.29) is 21.7 Å². The quantitative estimate of drug-likeness (QED) is 0.785. The lowest BCUT2D eigenvalue weighted by Gasteiger charge is -2.29. The Morgan fingerprint density at radius 2 is 1.77 bits per heavy atom. The minimum atomic E-state index is -0.976. The number of benzene rings is 1. The second-order valence-corrected chi connectivity index (χ2v) is 6.64. The van der Waals surface area contributed by atoms with E-state index in [0.29, 0.717) is 5.02 Å². The second kappa shape index (κ2) is 7.41. The first-order chi connectivity index (χ1) is 10.1. The van der Waals surface area contributed by atoms with Crippen LogP contribution in [0.4, 0.5) is 0 Å². The van der Waals surface area contributed by atoms with E-state index < -0.39 is 17.6 Å². The number of carbonyl (C=O) groups is 1. The zero-order valence-electron chi connectivity index (χ0n) is 12.7. The van der Waals surface area contributed by atoms with E-state index in [1.807, 2.05) is 13.8 Å². The average molecular weight is 364 g/mol. The molecule has 1 N–H and O–H groups in total. The highest BCUT2D eigenvalue weighted by atomic mass is 35.5. The number of nitriles is 1. The third-order valence-electron chi connectivity index (χ3n) is 3.42. The molecule has 22 heavy (non-hydrogen) atoms. The van der Waals surface area contributed by atoms with Crippen LogP contribution >= 0.6 is 34.8 Å². The molecule has 0 unspecified atom stereocenters. The molecule has 1 amide bonds. The van der Waals surface area contributed by atoms with Gasteiger partial charge in [-0.1, -0.05) is 48.7 Å². The zero-order valence-corrected chi connectivity index (χ0v) is 15.0. The smallest absolute Gasteiger partial charge is 0.262 e. The van der Waals surface area contributed by atoms with Crippen LogP contribution in [0, 0.1) is 17.2 Å². The molecule has 7 heteroatoms. The highest BCUT2D eigenvalue weighted by molar-refractivity contribution is 6.43. The summed E-state index contributed by atoms with van der Waals surface area (Å²) in [4.78, 5) is 12.2. The van der Waals surface area contributed by atoms with Crippen molar-refractivity contribution in [3.8, 4) is 11.8 Å². The largest absolute Gasteiger partial charge is 0.479 e. The summed E-state index contributed by atoms with van der Waals surface area (Å²) in [6.45, 7) is 6.93. The van der Waals surface area contributed by atoms with Crippen molar-refractivity contribution in [1.29, 1.82) is 5.26 Å². The third-order valence-corrected chi connectivity index (χ3v) is 4.44. The van der Waals surface area contributed by atoms with Gasteiger partial charge >= 0.3 is 0 Å². The number of hydrogen-bond acceptors (Lipinski definition) is 3. The number of ether oxygens (including phenoxy) is 1. The Morgan fingerprint density at radius 3 is 2.27 bits per heavy atom. The van der Waals surface area contributed by atoms with Crippen molar-refractivity contribution < 1.29 is 9.53 Å². The fraction of sp³-hybridized carbons (Fsp3) is 0.467. The van der Waals surface area contributed by atoms with Crippen LogP contribution in [0.3, 0.4) is 0 Å². The minimum Gasteiger partial charge on any atom is -0.479 e. The Balaban J connectivity index is 2.86. The maximum absolute atomic E-state index is 12.2. The highest BCUT2D eigenvalue weighted by Gasteiger charge is 2.32. The van der Waals surface area contributed by atoms with Gasteiger partial charge in [-0.15, -0.1) is 0 Å². The van der Waals surface area contributed by atoms with E-state index in [1.165, 1.54) is 12.1 Å². The molecule has 4 nitrogen and oxygen atoms in total. The van der Waals surface area contributed by atoms with Crippen LogP contribution in [0.15, 0.2) is 12.1 Å². The number of halogens is 3. The van der Waals surface area contributed by atoms with Crippen LogP contribution in [0.25, 0.3) is 0 Å². The van der Waals surface area contributed by atoms with E-state index in [0.717, 1.165) is 0 Å². The number of rotatable bonds is 5. The molecule has 120 valence electrons. The number of hydrogen-bond donors (Lipinski definition) is 1. The molecule has 0 radical (unpaired) electrons. The molecule has 0 aliphatic rings. The maximum Gasteiger partial charge on any atom is 0.262 e.